The lowest BCUT2D eigenvalue weighted by Gasteiger charge is -2.15. The fraction of sp³-hybridized carbons (Fsp3) is 1.00. The van der Waals surface area contributed by atoms with E-state index in [2.05, 4.69) is 31.0 Å². The minimum atomic E-state index is 0.642. The molecule has 0 saturated carbocycles. The van der Waals surface area contributed by atoms with Gasteiger partial charge in [0, 0.05) is 12.6 Å². The summed E-state index contributed by atoms with van der Waals surface area (Å²) in [6, 6.07) is 0.642. The molecule has 1 unspecified atom stereocenters. The molecule has 1 fully saturated rings. The molecule has 1 atom stereocenters. The van der Waals surface area contributed by atoms with Gasteiger partial charge in [0.1, 0.15) is 0 Å². The van der Waals surface area contributed by atoms with Gasteiger partial charge in [-0.3, -0.25) is 0 Å². The van der Waals surface area contributed by atoms with Gasteiger partial charge >= 0.3 is 0 Å². The zero-order chi connectivity index (χ0) is 12.5. The van der Waals surface area contributed by atoms with Gasteiger partial charge < -0.3 is 10.2 Å². The molecule has 0 spiro atoms. The first-order chi connectivity index (χ1) is 8.22. The number of nitrogens with zero attached hydrogens (tertiary/aromatic N) is 1. The van der Waals surface area contributed by atoms with E-state index in [1.807, 2.05) is 0 Å². The quantitative estimate of drug-likeness (QED) is 0.622. The molecule has 0 aromatic heterocycles. The first-order valence-corrected chi connectivity index (χ1v) is 7.68. The molecule has 0 amide bonds. The van der Waals surface area contributed by atoms with E-state index in [9.17, 15) is 0 Å². The van der Waals surface area contributed by atoms with Gasteiger partial charge in [0.05, 0.1) is 0 Å². The van der Waals surface area contributed by atoms with E-state index < -0.39 is 0 Å². The largest absolute Gasteiger partial charge is 0.315 e. The molecule has 0 bridgehead atoms. The molecule has 2 heteroatoms. The zero-order valence-corrected chi connectivity index (χ0v) is 12.2. The molecule has 2 nitrogen and oxygen atoms in total. The van der Waals surface area contributed by atoms with Crippen LogP contribution in [0.3, 0.4) is 0 Å². The van der Waals surface area contributed by atoms with Crippen LogP contribution in [0.25, 0.3) is 0 Å². The first-order valence-electron chi connectivity index (χ1n) is 7.68. The van der Waals surface area contributed by atoms with Crippen LogP contribution in [0.15, 0.2) is 0 Å². The second kappa shape index (κ2) is 8.93. The lowest BCUT2D eigenvalue weighted by atomic mass is 10.0. The maximum absolute atomic E-state index is 3.48. The molecule has 102 valence electrons. The van der Waals surface area contributed by atoms with Gasteiger partial charge in [0.2, 0.25) is 0 Å². The van der Waals surface area contributed by atoms with Crippen molar-refractivity contribution < 1.29 is 0 Å². The predicted octanol–water partition coefficient (Wildman–Crippen LogP) is 3.28. The molecular formula is C15H32N2. The Morgan fingerprint density at radius 2 is 2.06 bits per heavy atom. The van der Waals surface area contributed by atoms with E-state index in [1.54, 1.807) is 0 Å². The first kappa shape index (κ1) is 15.0. The van der Waals surface area contributed by atoms with Gasteiger partial charge in [-0.25, -0.2) is 0 Å². The molecule has 1 rings (SSSR count). The highest BCUT2D eigenvalue weighted by molar-refractivity contribution is 4.74. The Kier molecular flexibility index (Phi) is 7.87. The summed E-state index contributed by atoms with van der Waals surface area (Å²) in [5.74, 6) is 1.00. The predicted molar refractivity (Wildman–Crippen MR) is 76.4 cm³/mol. The van der Waals surface area contributed by atoms with Crippen LogP contribution >= 0.6 is 0 Å². The Morgan fingerprint density at radius 1 is 1.24 bits per heavy atom. The number of nitrogens with one attached hydrogen (secondary N) is 1. The summed E-state index contributed by atoms with van der Waals surface area (Å²) in [7, 11) is 0. The molecule has 0 radical (unpaired) electrons. The highest BCUT2D eigenvalue weighted by Gasteiger charge is 2.20. The molecule has 0 aromatic rings. The summed E-state index contributed by atoms with van der Waals surface area (Å²) in [4.78, 5) is 2.68. The van der Waals surface area contributed by atoms with Crippen molar-refractivity contribution in [2.45, 2.75) is 65.3 Å². The molecule has 1 aliphatic rings. The SMILES string of the molecule is CCCC1CCN(CCCCCNC(C)C)C1. The molecule has 0 aliphatic carbocycles. The van der Waals surface area contributed by atoms with Gasteiger partial charge in [0.25, 0.3) is 0 Å². The highest BCUT2D eigenvalue weighted by atomic mass is 15.1. The smallest absolute Gasteiger partial charge is 0.00103 e. The molecule has 1 N–H and O–H groups in total. The highest BCUT2D eigenvalue weighted by Crippen LogP contribution is 2.20. The van der Waals surface area contributed by atoms with E-state index in [1.165, 1.54) is 64.7 Å². The zero-order valence-electron chi connectivity index (χ0n) is 12.2. The van der Waals surface area contributed by atoms with Crippen LogP contribution < -0.4 is 5.32 Å². The summed E-state index contributed by atoms with van der Waals surface area (Å²) in [6.07, 6.45) is 8.36. The summed E-state index contributed by atoms with van der Waals surface area (Å²) in [5, 5.41) is 3.48. The molecule has 1 saturated heterocycles. The van der Waals surface area contributed by atoms with E-state index in [4.69, 9.17) is 0 Å². The maximum Gasteiger partial charge on any atom is 0.00103 e. The standard InChI is InChI=1S/C15H32N2/c1-4-8-15-9-12-17(13-15)11-7-5-6-10-16-14(2)3/h14-16H,4-13H2,1-3H3. The molecule has 1 heterocycles. The molecule has 0 aromatic carbocycles. The summed E-state index contributed by atoms with van der Waals surface area (Å²) >= 11 is 0. The average Bonchev–Trinajstić information content (AvgIpc) is 2.71. The van der Waals surface area contributed by atoms with E-state index in [0.29, 0.717) is 6.04 Å². The third-order valence-corrected chi connectivity index (χ3v) is 3.77. The fourth-order valence-electron chi connectivity index (χ4n) is 2.79. The lowest BCUT2D eigenvalue weighted by molar-refractivity contribution is 0.311. The number of likely N-dealkylation sites (tertiary alicyclic amines) is 1. The van der Waals surface area contributed by atoms with Crippen LogP contribution in [-0.2, 0) is 0 Å². The van der Waals surface area contributed by atoms with Crippen LogP contribution in [0.1, 0.15) is 59.3 Å². The van der Waals surface area contributed by atoms with Gasteiger partial charge in [-0.1, -0.05) is 33.6 Å². The number of rotatable bonds is 9. The normalized spacial score (nSPS) is 21.5. The molecule has 17 heavy (non-hydrogen) atoms. The van der Waals surface area contributed by atoms with Crippen LogP contribution in [-0.4, -0.2) is 37.1 Å². The number of unbranched alkanes of at least 4 members (excludes halogenated alkanes) is 2. The number of hydrogen-bond donors (Lipinski definition) is 1. The van der Waals surface area contributed by atoms with Crippen molar-refractivity contribution in [3.8, 4) is 0 Å². The van der Waals surface area contributed by atoms with Gasteiger partial charge in [0.15, 0.2) is 0 Å². The van der Waals surface area contributed by atoms with Crippen molar-refractivity contribution in [3.05, 3.63) is 0 Å². The van der Waals surface area contributed by atoms with Crippen molar-refractivity contribution in [1.82, 2.24) is 10.2 Å². The van der Waals surface area contributed by atoms with E-state index >= 15 is 0 Å². The van der Waals surface area contributed by atoms with Crippen molar-refractivity contribution in [2.24, 2.45) is 5.92 Å². The topological polar surface area (TPSA) is 15.3 Å². The fourth-order valence-corrected chi connectivity index (χ4v) is 2.79. The minimum absolute atomic E-state index is 0.642. The van der Waals surface area contributed by atoms with Crippen molar-refractivity contribution in [1.29, 1.82) is 0 Å². The van der Waals surface area contributed by atoms with Crippen LogP contribution in [0.2, 0.25) is 0 Å². The summed E-state index contributed by atoms with van der Waals surface area (Å²) < 4.78 is 0. The molecular weight excluding hydrogens is 208 g/mol. The Balaban J connectivity index is 1.90. The monoisotopic (exact) mass is 240 g/mol. The molecule has 1 aliphatic heterocycles. The minimum Gasteiger partial charge on any atom is -0.315 e. The number of hydrogen-bond acceptors (Lipinski definition) is 2. The Morgan fingerprint density at radius 3 is 2.76 bits per heavy atom. The third-order valence-electron chi connectivity index (χ3n) is 3.77. The maximum atomic E-state index is 3.48. The van der Waals surface area contributed by atoms with Crippen molar-refractivity contribution in [3.63, 3.8) is 0 Å². The summed E-state index contributed by atoms with van der Waals surface area (Å²) in [5.41, 5.74) is 0. The van der Waals surface area contributed by atoms with Gasteiger partial charge in [-0.05, 0) is 51.2 Å². The van der Waals surface area contributed by atoms with Crippen LogP contribution in [0, 0.1) is 5.92 Å². The van der Waals surface area contributed by atoms with Crippen LogP contribution in [0.5, 0.6) is 0 Å². The van der Waals surface area contributed by atoms with Gasteiger partial charge in [-0.2, -0.15) is 0 Å². The second-order valence-corrected chi connectivity index (χ2v) is 5.91. The summed E-state index contributed by atoms with van der Waals surface area (Å²) in [6.45, 7) is 12.0. The average molecular weight is 240 g/mol. The Labute approximate surface area is 108 Å². The third kappa shape index (κ3) is 7.05. The Bertz CT molecular complexity index is 180. The van der Waals surface area contributed by atoms with E-state index in [-0.39, 0.29) is 0 Å². The van der Waals surface area contributed by atoms with Crippen LogP contribution in [0.4, 0.5) is 0 Å². The van der Waals surface area contributed by atoms with Crippen molar-refractivity contribution >= 4 is 0 Å². The van der Waals surface area contributed by atoms with Crippen molar-refractivity contribution in [2.75, 3.05) is 26.2 Å². The lowest BCUT2D eigenvalue weighted by Crippen LogP contribution is -2.24. The van der Waals surface area contributed by atoms with E-state index in [0.717, 1.165) is 5.92 Å². The van der Waals surface area contributed by atoms with Gasteiger partial charge in [-0.15, -0.1) is 0 Å². The second-order valence-electron chi connectivity index (χ2n) is 5.91. The Hall–Kier alpha value is -0.0800.